The Labute approximate surface area is 234 Å². The highest BCUT2D eigenvalue weighted by molar-refractivity contribution is 8.19. The van der Waals surface area contributed by atoms with Gasteiger partial charge in [0.15, 0.2) is 0 Å². The fraction of sp³-hybridized carbons (Fsp3) is 0.292. The molecule has 38 heavy (non-hydrogen) atoms. The number of carbonyl (C=O) groups is 3. The van der Waals surface area contributed by atoms with Crippen molar-refractivity contribution < 1.29 is 22.8 Å². The topological polar surface area (TPSA) is 128 Å². The van der Waals surface area contributed by atoms with Crippen LogP contribution in [0.25, 0.3) is 0 Å². The number of allylic oxidation sites excluding steroid dienone is 1. The van der Waals surface area contributed by atoms with Crippen molar-refractivity contribution in [2.24, 2.45) is 0 Å². The van der Waals surface area contributed by atoms with Gasteiger partial charge in [-0.25, -0.2) is 22.8 Å². The molecule has 0 radical (unpaired) electrons. The van der Waals surface area contributed by atoms with E-state index in [2.05, 4.69) is 10.6 Å². The van der Waals surface area contributed by atoms with Crippen molar-refractivity contribution in [2.45, 2.75) is 17.6 Å². The average molecular weight is 599 g/mol. The van der Waals surface area contributed by atoms with Gasteiger partial charge < -0.3 is 15.5 Å². The van der Waals surface area contributed by atoms with Gasteiger partial charge in [-0.2, -0.15) is 0 Å². The average Bonchev–Trinajstić information content (AvgIpc) is 3.27. The molecule has 2 aliphatic rings. The maximum atomic E-state index is 13.2. The Balaban J connectivity index is 1.45. The molecule has 2 heterocycles. The summed E-state index contributed by atoms with van der Waals surface area (Å²) in [6.07, 6.45) is 1.82. The van der Waals surface area contributed by atoms with Gasteiger partial charge in [-0.15, -0.1) is 11.6 Å². The van der Waals surface area contributed by atoms with Crippen molar-refractivity contribution in [3.8, 4) is 0 Å². The lowest BCUT2D eigenvalue weighted by atomic mass is 9.97. The molecule has 202 valence electrons. The van der Waals surface area contributed by atoms with E-state index in [1.165, 1.54) is 24.3 Å². The van der Waals surface area contributed by atoms with E-state index >= 15 is 0 Å². The summed E-state index contributed by atoms with van der Waals surface area (Å²) >= 11 is 13.2. The molecule has 4 rings (SSSR count). The number of hydrogen-bond acceptors (Lipinski definition) is 8. The molecule has 0 fully saturated rings. The molecular weight excluding hydrogens is 573 g/mol. The van der Waals surface area contributed by atoms with Crippen LogP contribution in [0.1, 0.15) is 22.3 Å². The molecular formula is C24H25Cl2N5O5S2. The zero-order valence-electron chi connectivity index (χ0n) is 20.5. The van der Waals surface area contributed by atoms with Gasteiger partial charge in [-0.1, -0.05) is 29.4 Å². The van der Waals surface area contributed by atoms with Gasteiger partial charge >= 0.3 is 6.03 Å². The molecule has 0 aromatic heterocycles. The Morgan fingerprint density at radius 2 is 1.89 bits per heavy atom. The third kappa shape index (κ3) is 6.44. The molecule has 10 nitrogen and oxygen atoms in total. The second kappa shape index (κ2) is 11.5. The first-order valence-corrected chi connectivity index (χ1v) is 14.7. The van der Waals surface area contributed by atoms with Crippen LogP contribution in [0.4, 0.5) is 21.9 Å². The summed E-state index contributed by atoms with van der Waals surface area (Å²) in [5.74, 6) is -0.957. The lowest BCUT2D eigenvalue weighted by Gasteiger charge is -2.28. The van der Waals surface area contributed by atoms with Crippen LogP contribution in [0, 0.1) is 0 Å². The van der Waals surface area contributed by atoms with E-state index in [4.69, 9.17) is 23.2 Å². The lowest BCUT2D eigenvalue weighted by Crippen LogP contribution is -2.42. The minimum absolute atomic E-state index is 0.0118. The summed E-state index contributed by atoms with van der Waals surface area (Å²) in [6, 6.07) is 8.42. The number of urea groups is 1. The largest absolute Gasteiger partial charge is 0.384 e. The van der Waals surface area contributed by atoms with Crippen molar-refractivity contribution in [1.29, 1.82) is 0 Å². The highest BCUT2D eigenvalue weighted by Crippen LogP contribution is 2.37. The van der Waals surface area contributed by atoms with Crippen LogP contribution in [0.3, 0.4) is 0 Å². The fourth-order valence-corrected chi connectivity index (χ4v) is 7.01. The molecule has 2 aliphatic heterocycles. The molecule has 0 spiro atoms. The van der Waals surface area contributed by atoms with Crippen molar-refractivity contribution >= 4 is 79.9 Å². The number of amides is 4. The van der Waals surface area contributed by atoms with Gasteiger partial charge in [0.25, 0.3) is 15.9 Å². The number of alkyl halides is 1. The number of benzene rings is 2. The van der Waals surface area contributed by atoms with Crippen LogP contribution in [-0.4, -0.2) is 63.1 Å². The predicted octanol–water partition coefficient (Wildman–Crippen LogP) is 4.04. The first-order valence-electron chi connectivity index (χ1n) is 11.5. The number of anilines is 3. The second-order valence-corrected chi connectivity index (χ2v) is 13.2. The highest BCUT2D eigenvalue weighted by Gasteiger charge is 2.34. The number of nitrogens with one attached hydrogen (secondary N) is 3. The van der Waals surface area contributed by atoms with Crippen molar-refractivity contribution in [1.82, 2.24) is 9.62 Å². The van der Waals surface area contributed by atoms with Crippen LogP contribution in [0.15, 0.2) is 46.7 Å². The van der Waals surface area contributed by atoms with Gasteiger partial charge in [0.2, 0.25) is 5.91 Å². The van der Waals surface area contributed by atoms with E-state index in [9.17, 15) is 22.8 Å². The molecule has 2 aromatic carbocycles. The van der Waals surface area contributed by atoms with Gasteiger partial charge in [-0.05, 0) is 62.5 Å². The Bertz CT molecular complexity index is 1430. The molecule has 1 atom stereocenters. The summed E-state index contributed by atoms with van der Waals surface area (Å²) in [4.78, 5) is 41.5. The zero-order chi connectivity index (χ0) is 27.6. The molecule has 0 aliphatic carbocycles. The van der Waals surface area contributed by atoms with E-state index in [1.54, 1.807) is 18.2 Å². The summed E-state index contributed by atoms with van der Waals surface area (Å²) in [5, 5.41) is 5.69. The Morgan fingerprint density at radius 3 is 2.55 bits per heavy atom. The van der Waals surface area contributed by atoms with E-state index in [1.807, 2.05) is 23.7 Å². The molecule has 14 heteroatoms. The number of thioether (sulfide) groups is 1. The van der Waals surface area contributed by atoms with E-state index in [-0.39, 0.29) is 27.1 Å². The van der Waals surface area contributed by atoms with Crippen molar-refractivity contribution in [3.05, 3.63) is 62.9 Å². The van der Waals surface area contributed by atoms with Crippen LogP contribution in [0.2, 0.25) is 5.02 Å². The number of carbonyl (C=O) groups excluding carboxylic acids is 3. The molecule has 1 unspecified atom stereocenters. The molecule has 0 saturated heterocycles. The SMILES string of the molecule is CN(C)CCNc1ccc2c(c1)CC(=O)N(c1ccc(NC(=O)NS(=O)(=O)C3=CCC(Cl)S3)cc1Cl)C2=O. The smallest absolute Gasteiger partial charge is 0.333 e. The number of hydrogen-bond donors (Lipinski definition) is 3. The molecule has 0 bridgehead atoms. The Kier molecular flexibility index (Phi) is 8.58. The highest BCUT2D eigenvalue weighted by atomic mass is 35.5. The lowest BCUT2D eigenvalue weighted by molar-refractivity contribution is -0.117. The minimum atomic E-state index is -4.06. The number of halogens is 2. The number of sulfonamides is 1. The Morgan fingerprint density at radius 1 is 1.16 bits per heavy atom. The van der Waals surface area contributed by atoms with Crippen LogP contribution < -0.4 is 20.3 Å². The number of rotatable bonds is 8. The van der Waals surface area contributed by atoms with Gasteiger partial charge in [0.05, 0.1) is 21.8 Å². The molecule has 2 aromatic rings. The molecule has 4 amide bonds. The zero-order valence-corrected chi connectivity index (χ0v) is 23.6. The minimum Gasteiger partial charge on any atom is -0.384 e. The van der Waals surface area contributed by atoms with Gasteiger partial charge in [0, 0.05) is 30.0 Å². The number of imide groups is 1. The quantitative estimate of drug-likeness (QED) is 0.307. The number of nitrogens with zero attached hydrogens (tertiary/aromatic N) is 2. The van der Waals surface area contributed by atoms with Gasteiger partial charge in [0.1, 0.15) is 4.24 Å². The second-order valence-electron chi connectivity index (χ2n) is 8.83. The molecule has 0 saturated carbocycles. The third-order valence-corrected chi connectivity index (χ3v) is 9.36. The summed E-state index contributed by atoms with van der Waals surface area (Å²) in [5.41, 5.74) is 2.15. The van der Waals surface area contributed by atoms with Crippen molar-refractivity contribution in [2.75, 3.05) is 42.7 Å². The fourth-order valence-electron chi connectivity index (χ4n) is 3.88. The first-order chi connectivity index (χ1) is 17.9. The maximum Gasteiger partial charge on any atom is 0.333 e. The molecule has 3 N–H and O–H groups in total. The Hall–Kier alpha value is -2.77. The van der Waals surface area contributed by atoms with E-state index in [0.717, 1.165) is 28.9 Å². The maximum absolute atomic E-state index is 13.2. The van der Waals surface area contributed by atoms with E-state index in [0.29, 0.717) is 24.1 Å². The normalized spacial score (nSPS) is 17.3. The first kappa shape index (κ1) is 28.2. The van der Waals surface area contributed by atoms with E-state index < -0.39 is 32.6 Å². The standard InChI is InChI=1S/C24H25Cl2N5O5S2/c1-30(2)10-9-27-15-3-5-17-14(11-15)12-21(32)31(23(17)33)19-6-4-16(13-18(19)25)28-24(34)29-38(35,36)22-8-7-20(26)37-22/h3-6,8,11,13,20,27H,7,9-10,12H2,1-2H3,(H2,28,29,34). The van der Waals surface area contributed by atoms with Crippen LogP contribution in [0.5, 0.6) is 0 Å². The number of likely N-dealkylation sites (N-methyl/N-ethyl adjacent to an activating group) is 1. The van der Waals surface area contributed by atoms with Crippen molar-refractivity contribution in [3.63, 3.8) is 0 Å². The summed E-state index contributed by atoms with van der Waals surface area (Å²) < 4.78 is 26.2. The van der Waals surface area contributed by atoms with Crippen LogP contribution >= 0.6 is 35.0 Å². The summed E-state index contributed by atoms with van der Waals surface area (Å²) in [7, 11) is -0.122. The summed E-state index contributed by atoms with van der Waals surface area (Å²) in [6.45, 7) is 1.54. The number of fused-ring (bicyclic) bond motifs is 1. The van der Waals surface area contributed by atoms with Gasteiger partial charge in [-0.3, -0.25) is 9.59 Å². The predicted molar refractivity (Wildman–Crippen MR) is 151 cm³/mol. The third-order valence-electron chi connectivity index (χ3n) is 5.67. The van der Waals surface area contributed by atoms with Crippen LogP contribution in [-0.2, 0) is 21.2 Å². The monoisotopic (exact) mass is 597 g/mol.